The quantitative estimate of drug-likeness (QED) is 0.498. The third kappa shape index (κ3) is 7.39. The van der Waals surface area contributed by atoms with Crippen LogP contribution in [0.5, 0.6) is 0 Å². The topological polar surface area (TPSA) is 50.1 Å². The number of nitrogens with zero attached hydrogens (tertiary/aromatic N) is 1. The lowest BCUT2D eigenvalue weighted by Gasteiger charge is -2.25. The van der Waals surface area contributed by atoms with Gasteiger partial charge in [-0.05, 0) is 33.1 Å². The Morgan fingerprint density at radius 3 is 2.72 bits per heavy atom. The average molecular weight is 269 g/mol. The van der Waals surface area contributed by atoms with Crippen LogP contribution in [0.2, 0.25) is 0 Å². The minimum Gasteiger partial charge on any atom is -0.468 e. The van der Waals surface area contributed by atoms with Crippen molar-refractivity contribution in [1.82, 2.24) is 0 Å². The van der Waals surface area contributed by atoms with Crippen LogP contribution in [0.15, 0.2) is 11.6 Å². The molecule has 0 aliphatic heterocycles. The summed E-state index contributed by atoms with van der Waals surface area (Å²) in [5.74, 6) is 0.0787. The molecule has 102 valence electrons. The van der Waals surface area contributed by atoms with E-state index in [0.29, 0.717) is 12.2 Å². The lowest BCUT2D eigenvalue weighted by Crippen LogP contribution is -2.22. The highest BCUT2D eigenvalue weighted by atomic mass is 32.2. The Balaban J connectivity index is 4.34. The molecule has 0 bridgehead atoms. The molecule has 0 aromatic carbocycles. The van der Waals surface area contributed by atoms with Crippen molar-refractivity contribution in [1.29, 1.82) is 5.26 Å². The fourth-order valence-corrected chi connectivity index (χ4v) is 2.45. The van der Waals surface area contributed by atoms with Crippen LogP contribution in [0, 0.1) is 11.3 Å². The molecule has 0 heterocycles. The van der Waals surface area contributed by atoms with Crippen molar-refractivity contribution in [3.8, 4) is 6.07 Å². The Bertz CT molecular complexity index is 333. The number of ether oxygens (including phenoxy) is 1. The summed E-state index contributed by atoms with van der Waals surface area (Å²) in [6, 6.07) is 2.21. The second kappa shape index (κ2) is 9.04. The number of carbonyl (C=O) groups excluding carboxylic acids is 1. The third-order valence-electron chi connectivity index (χ3n) is 2.94. The van der Waals surface area contributed by atoms with E-state index in [1.165, 1.54) is 24.4 Å². The Labute approximate surface area is 115 Å². The molecule has 0 radical (unpaired) electrons. The molecule has 0 aliphatic carbocycles. The van der Waals surface area contributed by atoms with Crippen LogP contribution in [0.25, 0.3) is 0 Å². The standard InChI is InChI=1S/C14H23NO2S/c1-5-12(2)7-6-8-14(3,9-10-15)18-11-13(16)17-4/h7H,5-6,8-9,11H2,1-4H3/b12-7+. The van der Waals surface area contributed by atoms with E-state index in [9.17, 15) is 4.79 Å². The first-order chi connectivity index (χ1) is 8.47. The molecule has 0 N–H and O–H groups in total. The molecule has 1 atom stereocenters. The van der Waals surface area contributed by atoms with Gasteiger partial charge in [0.25, 0.3) is 0 Å². The molecule has 3 nitrogen and oxygen atoms in total. The first-order valence-electron chi connectivity index (χ1n) is 6.20. The lowest BCUT2D eigenvalue weighted by atomic mass is 10.00. The highest BCUT2D eigenvalue weighted by Crippen LogP contribution is 2.33. The second-order valence-electron chi connectivity index (χ2n) is 4.59. The number of nitriles is 1. The van der Waals surface area contributed by atoms with Crippen molar-refractivity contribution in [2.75, 3.05) is 12.9 Å². The molecule has 0 fully saturated rings. The fourth-order valence-electron chi connectivity index (χ4n) is 1.44. The third-order valence-corrected chi connectivity index (χ3v) is 4.37. The van der Waals surface area contributed by atoms with Gasteiger partial charge in [-0.1, -0.05) is 18.6 Å². The van der Waals surface area contributed by atoms with E-state index in [0.717, 1.165) is 19.3 Å². The Kier molecular flexibility index (Phi) is 8.57. The van der Waals surface area contributed by atoms with Gasteiger partial charge in [-0.2, -0.15) is 5.26 Å². The zero-order valence-corrected chi connectivity index (χ0v) is 12.6. The number of methoxy groups -OCH3 is 1. The molecule has 0 amide bonds. The number of carbonyl (C=O) groups is 1. The molecule has 4 heteroatoms. The summed E-state index contributed by atoms with van der Waals surface area (Å²) in [6.45, 7) is 6.29. The van der Waals surface area contributed by atoms with Gasteiger partial charge in [0, 0.05) is 11.2 Å². The van der Waals surface area contributed by atoms with E-state index >= 15 is 0 Å². The number of rotatable bonds is 8. The summed E-state index contributed by atoms with van der Waals surface area (Å²) in [5.41, 5.74) is 1.37. The number of thioether (sulfide) groups is 1. The molecule has 0 aliphatic rings. The van der Waals surface area contributed by atoms with Crippen LogP contribution in [0.3, 0.4) is 0 Å². The normalized spacial score (nSPS) is 14.7. The number of hydrogen-bond acceptors (Lipinski definition) is 4. The first kappa shape index (κ1) is 17.1. The predicted molar refractivity (Wildman–Crippen MR) is 76.4 cm³/mol. The molecule has 0 saturated heterocycles. The van der Waals surface area contributed by atoms with Gasteiger partial charge in [0.15, 0.2) is 0 Å². The summed E-state index contributed by atoms with van der Waals surface area (Å²) >= 11 is 1.51. The summed E-state index contributed by atoms with van der Waals surface area (Å²) in [4.78, 5) is 11.2. The molecular formula is C14H23NO2S. The molecule has 18 heavy (non-hydrogen) atoms. The van der Waals surface area contributed by atoms with Gasteiger partial charge in [0.2, 0.25) is 0 Å². The molecule has 0 aromatic heterocycles. The predicted octanol–water partition coefficient (Wildman–Crippen LogP) is 3.70. The van der Waals surface area contributed by atoms with Crippen molar-refractivity contribution >= 4 is 17.7 Å². The van der Waals surface area contributed by atoms with Gasteiger partial charge in [-0.25, -0.2) is 0 Å². The van der Waals surface area contributed by atoms with Crippen molar-refractivity contribution in [3.63, 3.8) is 0 Å². The molecular weight excluding hydrogens is 246 g/mol. The second-order valence-corrected chi connectivity index (χ2v) is 6.16. The fraction of sp³-hybridized carbons (Fsp3) is 0.714. The highest BCUT2D eigenvalue weighted by molar-refractivity contribution is 8.01. The molecule has 0 spiro atoms. The van der Waals surface area contributed by atoms with Crippen molar-refractivity contribution in [3.05, 3.63) is 11.6 Å². The zero-order chi connectivity index (χ0) is 14.0. The number of allylic oxidation sites excluding steroid dienone is 2. The minimum absolute atomic E-state index is 0.173. The van der Waals surface area contributed by atoms with Gasteiger partial charge < -0.3 is 4.74 Å². The molecule has 0 aromatic rings. The van der Waals surface area contributed by atoms with Crippen molar-refractivity contribution < 1.29 is 9.53 Å². The summed E-state index contributed by atoms with van der Waals surface area (Å²) in [6.07, 6.45) is 5.58. The van der Waals surface area contributed by atoms with Gasteiger partial charge in [-0.15, -0.1) is 11.8 Å². The maximum atomic E-state index is 11.2. The maximum Gasteiger partial charge on any atom is 0.315 e. The zero-order valence-electron chi connectivity index (χ0n) is 11.8. The van der Waals surface area contributed by atoms with Gasteiger partial charge in [0.05, 0.1) is 18.9 Å². The van der Waals surface area contributed by atoms with Crippen LogP contribution in [0.4, 0.5) is 0 Å². The van der Waals surface area contributed by atoms with Gasteiger partial charge >= 0.3 is 5.97 Å². The maximum absolute atomic E-state index is 11.2. The molecule has 0 rings (SSSR count). The van der Waals surface area contributed by atoms with Crippen molar-refractivity contribution in [2.24, 2.45) is 0 Å². The van der Waals surface area contributed by atoms with E-state index in [4.69, 9.17) is 5.26 Å². The highest BCUT2D eigenvalue weighted by Gasteiger charge is 2.25. The first-order valence-corrected chi connectivity index (χ1v) is 7.19. The van der Waals surface area contributed by atoms with Crippen LogP contribution >= 0.6 is 11.8 Å². The van der Waals surface area contributed by atoms with Gasteiger partial charge in [-0.3, -0.25) is 4.79 Å². The van der Waals surface area contributed by atoms with Crippen LogP contribution in [-0.2, 0) is 9.53 Å². The smallest absolute Gasteiger partial charge is 0.315 e. The lowest BCUT2D eigenvalue weighted by molar-refractivity contribution is -0.137. The van der Waals surface area contributed by atoms with Gasteiger partial charge in [0.1, 0.15) is 0 Å². The van der Waals surface area contributed by atoms with Crippen LogP contribution in [-0.4, -0.2) is 23.6 Å². The van der Waals surface area contributed by atoms with E-state index in [1.54, 1.807) is 0 Å². The summed E-state index contributed by atoms with van der Waals surface area (Å²) in [7, 11) is 1.39. The average Bonchev–Trinajstić information content (AvgIpc) is 2.36. The SMILES string of the molecule is CC/C(C)=C/CCC(C)(CC#N)SCC(=O)OC. The summed E-state index contributed by atoms with van der Waals surface area (Å²) in [5, 5.41) is 8.88. The summed E-state index contributed by atoms with van der Waals surface area (Å²) < 4.78 is 4.46. The number of hydrogen-bond donors (Lipinski definition) is 0. The Morgan fingerprint density at radius 1 is 1.56 bits per heavy atom. The van der Waals surface area contributed by atoms with E-state index in [2.05, 4.69) is 30.7 Å². The van der Waals surface area contributed by atoms with E-state index in [1.807, 2.05) is 6.92 Å². The largest absolute Gasteiger partial charge is 0.468 e. The monoisotopic (exact) mass is 269 g/mol. The Morgan fingerprint density at radius 2 is 2.22 bits per heavy atom. The minimum atomic E-state index is -0.232. The Hall–Kier alpha value is -0.950. The van der Waals surface area contributed by atoms with E-state index in [-0.39, 0.29) is 10.7 Å². The van der Waals surface area contributed by atoms with E-state index < -0.39 is 0 Å². The van der Waals surface area contributed by atoms with Crippen LogP contribution < -0.4 is 0 Å². The molecule has 0 saturated carbocycles. The van der Waals surface area contributed by atoms with Crippen molar-refractivity contribution in [2.45, 2.75) is 51.2 Å². The number of esters is 1. The van der Waals surface area contributed by atoms with Crippen LogP contribution in [0.1, 0.15) is 46.5 Å². The molecule has 1 unspecified atom stereocenters.